The Kier molecular flexibility index (Phi) is 6.07. The third-order valence-corrected chi connectivity index (χ3v) is 4.67. The number of aliphatic hydroxyl groups is 1. The van der Waals surface area contributed by atoms with E-state index in [0.29, 0.717) is 12.0 Å². The lowest BCUT2D eigenvalue weighted by Crippen LogP contribution is -2.50. The van der Waals surface area contributed by atoms with Crippen LogP contribution in [0.15, 0.2) is 0 Å². The van der Waals surface area contributed by atoms with Crippen LogP contribution in [-0.4, -0.2) is 62.0 Å². The highest BCUT2D eigenvalue weighted by Crippen LogP contribution is 2.33. The third kappa shape index (κ3) is 4.15. The summed E-state index contributed by atoms with van der Waals surface area (Å²) >= 11 is 0. The van der Waals surface area contributed by atoms with Crippen LogP contribution in [0, 0.1) is 5.41 Å². The lowest BCUT2D eigenvalue weighted by Gasteiger charge is -2.42. The van der Waals surface area contributed by atoms with Gasteiger partial charge in [0, 0.05) is 44.3 Å². The number of ether oxygens (including phenoxy) is 1. The number of aliphatic hydroxyl groups excluding tert-OH is 1. The van der Waals surface area contributed by atoms with Gasteiger partial charge in [0.2, 0.25) is 0 Å². The van der Waals surface area contributed by atoms with Gasteiger partial charge < -0.3 is 15.2 Å². The lowest BCUT2D eigenvalue weighted by atomic mass is 9.83. The summed E-state index contributed by atoms with van der Waals surface area (Å²) in [7, 11) is 0. The molecule has 1 saturated carbocycles. The minimum absolute atomic E-state index is 0.293. The van der Waals surface area contributed by atoms with E-state index in [2.05, 4.69) is 17.1 Å². The van der Waals surface area contributed by atoms with Crippen LogP contribution in [0.5, 0.6) is 0 Å². The van der Waals surface area contributed by atoms with E-state index in [1.807, 2.05) is 0 Å². The molecule has 1 saturated heterocycles. The molecule has 1 heterocycles. The molecule has 0 spiro atoms. The molecule has 0 bridgehead atoms. The molecule has 0 aromatic heterocycles. The van der Waals surface area contributed by atoms with Gasteiger partial charge in [-0.25, -0.2) is 0 Å². The van der Waals surface area contributed by atoms with Crippen molar-refractivity contribution in [2.45, 2.75) is 45.1 Å². The summed E-state index contributed by atoms with van der Waals surface area (Å²) in [4.78, 5) is 2.62. The van der Waals surface area contributed by atoms with Gasteiger partial charge in [0.1, 0.15) is 0 Å². The molecule has 2 fully saturated rings. The van der Waals surface area contributed by atoms with Gasteiger partial charge in [-0.3, -0.25) is 4.90 Å². The molecule has 0 aromatic rings. The van der Waals surface area contributed by atoms with Crippen LogP contribution in [0.25, 0.3) is 0 Å². The highest BCUT2D eigenvalue weighted by atomic mass is 16.5. The Hall–Kier alpha value is -0.160. The number of rotatable bonds is 9. The Morgan fingerprint density at radius 3 is 2.79 bits per heavy atom. The Labute approximate surface area is 117 Å². The Morgan fingerprint density at radius 2 is 2.26 bits per heavy atom. The molecule has 1 aliphatic heterocycles. The second-order valence-corrected chi connectivity index (χ2v) is 6.22. The summed E-state index contributed by atoms with van der Waals surface area (Å²) in [6.45, 7) is 8.53. The number of hydrogen-bond donors (Lipinski definition) is 2. The second kappa shape index (κ2) is 7.58. The van der Waals surface area contributed by atoms with Crippen LogP contribution >= 0.6 is 0 Å². The first-order valence-corrected chi connectivity index (χ1v) is 7.93. The van der Waals surface area contributed by atoms with Gasteiger partial charge in [0.05, 0.1) is 6.61 Å². The zero-order valence-corrected chi connectivity index (χ0v) is 12.4. The van der Waals surface area contributed by atoms with Gasteiger partial charge in [-0.2, -0.15) is 0 Å². The van der Waals surface area contributed by atoms with E-state index in [4.69, 9.17) is 9.84 Å². The van der Waals surface area contributed by atoms with Crippen LogP contribution < -0.4 is 5.32 Å². The maximum Gasteiger partial charge on any atom is 0.0547 e. The van der Waals surface area contributed by atoms with Crippen molar-refractivity contribution in [1.82, 2.24) is 10.2 Å². The van der Waals surface area contributed by atoms with Crippen molar-refractivity contribution in [2.24, 2.45) is 5.41 Å². The molecule has 2 aliphatic rings. The van der Waals surface area contributed by atoms with Crippen molar-refractivity contribution in [3.05, 3.63) is 0 Å². The molecule has 1 aliphatic carbocycles. The number of nitrogens with one attached hydrogen (secondary N) is 1. The fourth-order valence-corrected chi connectivity index (χ4v) is 3.21. The number of nitrogens with zero attached hydrogens (tertiary/aromatic N) is 1. The first-order valence-electron chi connectivity index (χ1n) is 7.93. The molecule has 4 nitrogen and oxygen atoms in total. The van der Waals surface area contributed by atoms with Crippen molar-refractivity contribution >= 4 is 0 Å². The minimum Gasteiger partial charge on any atom is -0.396 e. The van der Waals surface area contributed by atoms with E-state index in [1.54, 1.807) is 0 Å². The average Bonchev–Trinajstić information content (AvgIpc) is 2.80. The molecule has 2 N–H and O–H groups in total. The maximum atomic E-state index is 9.09. The molecule has 0 aromatic carbocycles. The van der Waals surface area contributed by atoms with E-state index in [9.17, 15) is 0 Å². The van der Waals surface area contributed by atoms with E-state index < -0.39 is 0 Å². The molecule has 4 heteroatoms. The van der Waals surface area contributed by atoms with E-state index >= 15 is 0 Å². The summed E-state index contributed by atoms with van der Waals surface area (Å²) in [6, 6.07) is 0.755. The summed E-state index contributed by atoms with van der Waals surface area (Å²) in [5.41, 5.74) is 0.293. The van der Waals surface area contributed by atoms with Crippen molar-refractivity contribution in [3.8, 4) is 0 Å². The summed E-state index contributed by atoms with van der Waals surface area (Å²) in [5, 5.41) is 12.6. The molecular formula is C15H30N2O2. The SMILES string of the molecule is CCNCC1(CN(CCCO)C2CCC2)CCOC1. The smallest absolute Gasteiger partial charge is 0.0547 e. The standard InChI is InChI=1S/C15H30N2O2/c1-2-16-11-15(7-10-19-13-15)12-17(8-4-9-18)14-5-3-6-14/h14,16,18H,2-13H2,1H3. The second-order valence-electron chi connectivity index (χ2n) is 6.22. The molecule has 19 heavy (non-hydrogen) atoms. The summed E-state index contributed by atoms with van der Waals surface area (Å²) < 4.78 is 5.68. The van der Waals surface area contributed by atoms with Gasteiger partial charge in [0.25, 0.3) is 0 Å². The summed E-state index contributed by atoms with van der Waals surface area (Å²) in [6.07, 6.45) is 6.11. The van der Waals surface area contributed by atoms with Crippen molar-refractivity contribution in [2.75, 3.05) is 46.0 Å². The fourth-order valence-electron chi connectivity index (χ4n) is 3.21. The quantitative estimate of drug-likeness (QED) is 0.662. The van der Waals surface area contributed by atoms with Crippen LogP contribution in [0.4, 0.5) is 0 Å². The van der Waals surface area contributed by atoms with Gasteiger partial charge >= 0.3 is 0 Å². The lowest BCUT2D eigenvalue weighted by molar-refractivity contribution is 0.0525. The molecule has 1 unspecified atom stereocenters. The molecule has 0 radical (unpaired) electrons. The van der Waals surface area contributed by atoms with Crippen LogP contribution in [-0.2, 0) is 4.74 Å². The Balaban J connectivity index is 1.91. The normalized spacial score (nSPS) is 27.9. The zero-order valence-electron chi connectivity index (χ0n) is 12.4. The van der Waals surface area contributed by atoms with Crippen LogP contribution in [0.1, 0.15) is 39.0 Å². The number of hydrogen-bond acceptors (Lipinski definition) is 4. The zero-order chi connectivity index (χ0) is 13.6. The third-order valence-electron chi connectivity index (χ3n) is 4.67. The minimum atomic E-state index is 0.293. The van der Waals surface area contributed by atoms with Crippen LogP contribution in [0.3, 0.4) is 0 Å². The van der Waals surface area contributed by atoms with Gasteiger partial charge in [-0.15, -0.1) is 0 Å². The monoisotopic (exact) mass is 270 g/mol. The fraction of sp³-hybridized carbons (Fsp3) is 1.00. The van der Waals surface area contributed by atoms with E-state index in [0.717, 1.165) is 51.9 Å². The highest BCUT2D eigenvalue weighted by molar-refractivity contribution is 4.91. The van der Waals surface area contributed by atoms with E-state index in [-0.39, 0.29) is 0 Å². The van der Waals surface area contributed by atoms with Gasteiger partial charge in [0.15, 0.2) is 0 Å². The van der Waals surface area contributed by atoms with Crippen LogP contribution in [0.2, 0.25) is 0 Å². The molecule has 112 valence electrons. The maximum absolute atomic E-state index is 9.09. The van der Waals surface area contributed by atoms with Gasteiger partial charge in [-0.05, 0) is 32.2 Å². The molecule has 0 amide bonds. The average molecular weight is 270 g/mol. The van der Waals surface area contributed by atoms with Crippen molar-refractivity contribution in [3.63, 3.8) is 0 Å². The van der Waals surface area contributed by atoms with E-state index in [1.165, 1.54) is 25.7 Å². The largest absolute Gasteiger partial charge is 0.396 e. The Bertz CT molecular complexity index is 251. The molecular weight excluding hydrogens is 240 g/mol. The van der Waals surface area contributed by atoms with Crippen molar-refractivity contribution in [1.29, 1.82) is 0 Å². The Morgan fingerprint density at radius 1 is 1.42 bits per heavy atom. The molecule has 1 atom stereocenters. The topological polar surface area (TPSA) is 44.7 Å². The predicted octanol–water partition coefficient (Wildman–Crippen LogP) is 1.24. The van der Waals surface area contributed by atoms with Crippen molar-refractivity contribution < 1.29 is 9.84 Å². The highest BCUT2D eigenvalue weighted by Gasteiger charge is 2.38. The predicted molar refractivity (Wildman–Crippen MR) is 77.3 cm³/mol. The first kappa shape index (κ1) is 15.2. The summed E-state index contributed by atoms with van der Waals surface area (Å²) in [5.74, 6) is 0. The first-order chi connectivity index (χ1) is 9.29. The van der Waals surface area contributed by atoms with Gasteiger partial charge in [-0.1, -0.05) is 13.3 Å². The molecule has 2 rings (SSSR count).